The molecule has 0 saturated heterocycles. The van der Waals surface area contributed by atoms with Crippen LogP contribution < -0.4 is 16.4 Å². The van der Waals surface area contributed by atoms with Crippen molar-refractivity contribution in [3.05, 3.63) is 128 Å². The van der Waals surface area contributed by atoms with Crippen LogP contribution in [0.25, 0.3) is 5.57 Å². The van der Waals surface area contributed by atoms with Gasteiger partial charge < -0.3 is 4.98 Å². The zero-order valence-corrected chi connectivity index (χ0v) is 25.8. The highest BCUT2D eigenvalue weighted by molar-refractivity contribution is 6.96. The summed E-state index contributed by atoms with van der Waals surface area (Å²) in [7, 11) is 0. The van der Waals surface area contributed by atoms with Crippen molar-refractivity contribution in [3.63, 3.8) is 0 Å². The largest absolute Gasteiger partial charge is 0.358 e. The normalized spacial score (nSPS) is 14.3. The Kier molecular flexibility index (Phi) is 7.35. The molecule has 1 aliphatic heterocycles. The summed E-state index contributed by atoms with van der Waals surface area (Å²) in [6.45, 7) is 22.2. The Balaban J connectivity index is 1.82. The number of allylic oxidation sites excluding steroid dienone is 2. The lowest BCUT2D eigenvalue weighted by atomic mass is 9.34. The predicted octanol–water partition coefficient (Wildman–Crippen LogP) is 7.18. The van der Waals surface area contributed by atoms with Crippen molar-refractivity contribution in [1.29, 1.82) is 0 Å². The molecule has 0 aliphatic carbocycles. The van der Waals surface area contributed by atoms with Crippen LogP contribution in [0.5, 0.6) is 0 Å². The van der Waals surface area contributed by atoms with E-state index in [9.17, 15) is 0 Å². The molecule has 1 aliphatic rings. The van der Waals surface area contributed by atoms with E-state index in [0.717, 1.165) is 22.8 Å². The molecular formula is C37H41BN2. The molecule has 1 N–H and O–H groups in total. The Bertz CT molecular complexity index is 1640. The number of aromatic amines is 1. The van der Waals surface area contributed by atoms with Crippen LogP contribution in [0.1, 0.15) is 69.7 Å². The van der Waals surface area contributed by atoms with Crippen LogP contribution >= 0.6 is 0 Å². The van der Waals surface area contributed by atoms with E-state index >= 15 is 0 Å². The van der Waals surface area contributed by atoms with E-state index in [0.29, 0.717) is 0 Å². The highest BCUT2D eigenvalue weighted by Crippen LogP contribution is 2.34. The van der Waals surface area contributed by atoms with Gasteiger partial charge in [0.1, 0.15) is 0 Å². The Morgan fingerprint density at radius 2 is 1.20 bits per heavy atom. The van der Waals surface area contributed by atoms with Gasteiger partial charge >= 0.3 is 0 Å². The minimum atomic E-state index is 0.129. The summed E-state index contributed by atoms with van der Waals surface area (Å²) in [5, 5.41) is 0. The SMILES string of the molecule is CC1=CC(C)=N/C1=C(/c1cccc(B(c2c(C)cc(C)cc2C)c2c(C)cc(C)cc2C)c1)c1[nH]c(C)cc1C. The highest BCUT2D eigenvalue weighted by atomic mass is 14.8. The Morgan fingerprint density at radius 3 is 1.65 bits per heavy atom. The first kappa shape index (κ1) is 27.7. The fourth-order valence-corrected chi connectivity index (χ4v) is 6.96. The second-order valence-corrected chi connectivity index (χ2v) is 12.0. The van der Waals surface area contributed by atoms with Crippen LogP contribution in [-0.4, -0.2) is 17.4 Å². The van der Waals surface area contributed by atoms with Crippen LogP contribution in [0.15, 0.2) is 76.9 Å². The van der Waals surface area contributed by atoms with E-state index < -0.39 is 0 Å². The van der Waals surface area contributed by atoms with Gasteiger partial charge in [-0.25, -0.2) is 0 Å². The number of hydrogen-bond donors (Lipinski definition) is 1. The zero-order valence-electron chi connectivity index (χ0n) is 25.8. The Morgan fingerprint density at radius 1 is 0.650 bits per heavy atom. The van der Waals surface area contributed by atoms with Gasteiger partial charge in [-0.2, -0.15) is 0 Å². The van der Waals surface area contributed by atoms with Crippen molar-refractivity contribution in [2.24, 2.45) is 4.99 Å². The maximum atomic E-state index is 5.02. The number of aromatic nitrogens is 1. The minimum Gasteiger partial charge on any atom is -0.358 e. The molecule has 0 atom stereocenters. The van der Waals surface area contributed by atoms with Gasteiger partial charge in [0.05, 0.1) is 11.4 Å². The number of aliphatic imine (C=N–C) groups is 1. The molecule has 0 saturated carbocycles. The van der Waals surface area contributed by atoms with Crippen molar-refractivity contribution in [1.82, 2.24) is 4.98 Å². The summed E-state index contributed by atoms with van der Waals surface area (Å²) in [5.41, 5.74) is 21.4. The number of aryl methyl sites for hydroxylation is 8. The number of hydrogen-bond acceptors (Lipinski definition) is 1. The fourth-order valence-electron chi connectivity index (χ4n) is 6.96. The standard InChI is InChI=1S/C37H41BN2/c1-21-14-23(3)34(24(4)15-21)38(35-25(5)16-22(2)17-26(35)6)32-13-11-12-31(20-32)33(36-27(7)18-29(9)39-36)37-28(8)19-30(10)40-37/h11-20,39H,1-10H3/b37-33-. The van der Waals surface area contributed by atoms with Crippen molar-refractivity contribution in [3.8, 4) is 0 Å². The quantitative estimate of drug-likeness (QED) is 0.268. The average Bonchev–Trinajstić information content (AvgIpc) is 3.36. The number of nitrogens with one attached hydrogen (secondary N) is 1. The molecule has 0 bridgehead atoms. The number of benzene rings is 3. The average molecular weight is 525 g/mol. The lowest BCUT2D eigenvalue weighted by Crippen LogP contribution is -2.55. The summed E-state index contributed by atoms with van der Waals surface area (Å²) >= 11 is 0. The number of H-pyrrole nitrogens is 1. The second-order valence-electron chi connectivity index (χ2n) is 12.0. The van der Waals surface area contributed by atoms with E-state index in [1.807, 2.05) is 0 Å². The molecule has 1 aromatic heterocycles. The van der Waals surface area contributed by atoms with E-state index in [2.05, 4.69) is 135 Å². The van der Waals surface area contributed by atoms with Crippen LogP contribution in [0.2, 0.25) is 0 Å². The molecule has 202 valence electrons. The van der Waals surface area contributed by atoms with Gasteiger partial charge in [0.25, 0.3) is 0 Å². The molecule has 2 heterocycles. The number of rotatable bonds is 5. The van der Waals surface area contributed by atoms with Gasteiger partial charge in [0, 0.05) is 17.0 Å². The summed E-state index contributed by atoms with van der Waals surface area (Å²) in [4.78, 5) is 8.69. The topological polar surface area (TPSA) is 28.1 Å². The third-order valence-corrected chi connectivity index (χ3v) is 8.29. The molecule has 3 aromatic carbocycles. The summed E-state index contributed by atoms with van der Waals surface area (Å²) in [6.07, 6.45) is 2.19. The third kappa shape index (κ3) is 5.06. The Hall–Kier alpha value is -3.85. The molecule has 2 nitrogen and oxygen atoms in total. The van der Waals surface area contributed by atoms with Crippen molar-refractivity contribution in [2.45, 2.75) is 69.2 Å². The molecule has 0 unspecified atom stereocenters. The van der Waals surface area contributed by atoms with Gasteiger partial charge in [0.2, 0.25) is 6.71 Å². The molecule has 40 heavy (non-hydrogen) atoms. The first-order chi connectivity index (χ1) is 18.9. The molecule has 0 fully saturated rings. The van der Waals surface area contributed by atoms with Crippen molar-refractivity contribution < 1.29 is 0 Å². The van der Waals surface area contributed by atoms with Gasteiger partial charge in [-0.15, -0.1) is 0 Å². The smallest absolute Gasteiger partial charge is 0.242 e. The second kappa shape index (κ2) is 10.6. The van der Waals surface area contributed by atoms with Crippen molar-refractivity contribution in [2.75, 3.05) is 0 Å². The molecule has 4 aromatic rings. The molecule has 0 amide bonds. The minimum absolute atomic E-state index is 0.129. The van der Waals surface area contributed by atoms with E-state index in [-0.39, 0.29) is 6.71 Å². The molecule has 5 rings (SSSR count). The van der Waals surface area contributed by atoms with Crippen LogP contribution in [0.4, 0.5) is 0 Å². The van der Waals surface area contributed by atoms with E-state index in [1.54, 1.807) is 0 Å². The van der Waals surface area contributed by atoms with Crippen LogP contribution in [0.3, 0.4) is 0 Å². The first-order valence-corrected chi connectivity index (χ1v) is 14.3. The Labute approximate surface area is 241 Å². The third-order valence-electron chi connectivity index (χ3n) is 8.29. The summed E-state index contributed by atoms with van der Waals surface area (Å²) in [5.74, 6) is 0. The molecule has 0 radical (unpaired) electrons. The fraction of sp³-hybridized carbons (Fsp3) is 0.270. The van der Waals surface area contributed by atoms with Gasteiger partial charge in [0.15, 0.2) is 0 Å². The molecule has 3 heteroatoms. The lowest BCUT2D eigenvalue weighted by Gasteiger charge is -2.25. The zero-order chi connectivity index (χ0) is 28.9. The first-order valence-electron chi connectivity index (χ1n) is 14.3. The van der Waals surface area contributed by atoms with Crippen LogP contribution in [0, 0.1) is 55.4 Å². The predicted molar refractivity (Wildman–Crippen MR) is 176 cm³/mol. The lowest BCUT2D eigenvalue weighted by molar-refractivity contribution is 1.21. The van der Waals surface area contributed by atoms with Crippen LogP contribution in [-0.2, 0) is 0 Å². The van der Waals surface area contributed by atoms with E-state index in [1.165, 1.54) is 72.0 Å². The van der Waals surface area contributed by atoms with E-state index in [4.69, 9.17) is 4.99 Å². The highest BCUT2D eigenvalue weighted by Gasteiger charge is 2.29. The maximum absolute atomic E-state index is 5.02. The van der Waals surface area contributed by atoms with Gasteiger partial charge in [-0.05, 0) is 98.1 Å². The maximum Gasteiger partial charge on any atom is 0.242 e. The summed E-state index contributed by atoms with van der Waals surface area (Å²) < 4.78 is 0. The van der Waals surface area contributed by atoms with Gasteiger partial charge in [-0.3, -0.25) is 4.99 Å². The number of nitrogens with zero attached hydrogens (tertiary/aromatic N) is 1. The molecule has 0 spiro atoms. The van der Waals surface area contributed by atoms with Gasteiger partial charge in [-0.1, -0.05) is 98.3 Å². The molecular weight excluding hydrogens is 483 g/mol. The van der Waals surface area contributed by atoms with Crippen molar-refractivity contribution >= 4 is 34.4 Å². The monoisotopic (exact) mass is 524 g/mol. The summed E-state index contributed by atoms with van der Waals surface area (Å²) in [6, 6.07) is 20.8.